The number of benzene rings is 1. The van der Waals surface area contributed by atoms with Gasteiger partial charge in [-0.2, -0.15) is 0 Å². The Hall–Kier alpha value is -1.55. The van der Waals surface area contributed by atoms with E-state index < -0.39 is 0 Å². The van der Waals surface area contributed by atoms with Crippen molar-refractivity contribution in [2.75, 3.05) is 31.5 Å². The normalized spacial score (nSPS) is 14.2. The summed E-state index contributed by atoms with van der Waals surface area (Å²) in [5.74, 6) is 0.0149. The Morgan fingerprint density at radius 1 is 1.24 bits per heavy atom. The lowest BCUT2D eigenvalue weighted by Gasteiger charge is -2.20. The Balaban J connectivity index is 1.84. The molecule has 21 heavy (non-hydrogen) atoms. The monoisotopic (exact) mass is 289 g/mol. The minimum absolute atomic E-state index is 0.0149. The highest BCUT2D eigenvalue weighted by molar-refractivity contribution is 5.99. The van der Waals surface area contributed by atoms with Crippen LogP contribution in [0.15, 0.2) is 24.3 Å². The molecule has 1 aromatic rings. The second-order valence-electron chi connectivity index (χ2n) is 5.59. The van der Waals surface area contributed by atoms with E-state index in [1.54, 1.807) is 0 Å². The van der Waals surface area contributed by atoms with Gasteiger partial charge in [0.25, 0.3) is 5.91 Å². The second kappa shape index (κ2) is 8.03. The van der Waals surface area contributed by atoms with Crippen molar-refractivity contribution in [3.63, 3.8) is 0 Å². The van der Waals surface area contributed by atoms with E-state index in [9.17, 15) is 4.79 Å². The number of nitrogens with one attached hydrogen (secondary N) is 2. The molecule has 1 aromatic carbocycles. The fourth-order valence-corrected chi connectivity index (χ4v) is 2.54. The first-order valence-electron chi connectivity index (χ1n) is 8.11. The number of nitrogens with zero attached hydrogens (tertiary/aromatic N) is 1. The standard InChI is InChI=1S/C17H27N3O/c1-3-11-18-16-8-6-5-7-15(16)17(21)19-12-13-20(4-2)14-9-10-14/h5-8,14,18H,3-4,9-13H2,1-2H3,(H,19,21). The first-order valence-corrected chi connectivity index (χ1v) is 8.11. The number of hydrogen-bond acceptors (Lipinski definition) is 3. The fraction of sp³-hybridized carbons (Fsp3) is 0.588. The van der Waals surface area contributed by atoms with Gasteiger partial charge in [0, 0.05) is 31.4 Å². The lowest BCUT2D eigenvalue weighted by molar-refractivity contribution is 0.0948. The van der Waals surface area contributed by atoms with E-state index in [1.165, 1.54) is 12.8 Å². The van der Waals surface area contributed by atoms with Crippen molar-refractivity contribution in [2.45, 2.75) is 39.2 Å². The number of hydrogen-bond donors (Lipinski definition) is 2. The quantitative estimate of drug-likeness (QED) is 0.734. The highest BCUT2D eigenvalue weighted by atomic mass is 16.1. The average Bonchev–Trinajstić information content (AvgIpc) is 3.34. The summed E-state index contributed by atoms with van der Waals surface area (Å²) >= 11 is 0. The number of rotatable bonds is 9. The molecule has 0 atom stereocenters. The van der Waals surface area contributed by atoms with E-state index in [-0.39, 0.29) is 5.91 Å². The predicted molar refractivity (Wildman–Crippen MR) is 87.8 cm³/mol. The molecule has 1 aliphatic rings. The summed E-state index contributed by atoms with van der Waals surface area (Å²) in [6, 6.07) is 8.47. The number of carbonyl (C=O) groups is 1. The van der Waals surface area contributed by atoms with Gasteiger partial charge in [-0.3, -0.25) is 9.69 Å². The molecule has 0 heterocycles. The molecule has 0 bridgehead atoms. The van der Waals surface area contributed by atoms with Crippen molar-refractivity contribution < 1.29 is 4.79 Å². The van der Waals surface area contributed by atoms with Gasteiger partial charge in [0.05, 0.1) is 5.56 Å². The molecular weight excluding hydrogens is 262 g/mol. The molecule has 1 saturated carbocycles. The Labute approximate surface area is 127 Å². The van der Waals surface area contributed by atoms with Gasteiger partial charge in [-0.1, -0.05) is 26.0 Å². The molecule has 1 fully saturated rings. The molecule has 2 N–H and O–H groups in total. The maximum Gasteiger partial charge on any atom is 0.253 e. The lowest BCUT2D eigenvalue weighted by atomic mass is 10.1. The molecular formula is C17H27N3O. The van der Waals surface area contributed by atoms with Gasteiger partial charge in [-0.25, -0.2) is 0 Å². The summed E-state index contributed by atoms with van der Waals surface area (Å²) in [6.45, 7) is 7.91. The van der Waals surface area contributed by atoms with Crippen molar-refractivity contribution in [1.82, 2.24) is 10.2 Å². The summed E-state index contributed by atoms with van der Waals surface area (Å²) in [4.78, 5) is 14.8. The summed E-state index contributed by atoms with van der Waals surface area (Å²) < 4.78 is 0. The zero-order chi connectivity index (χ0) is 15.1. The van der Waals surface area contributed by atoms with Crippen LogP contribution in [-0.4, -0.2) is 43.0 Å². The molecule has 4 nitrogen and oxygen atoms in total. The van der Waals surface area contributed by atoms with Crippen LogP contribution in [0.1, 0.15) is 43.5 Å². The van der Waals surface area contributed by atoms with Gasteiger partial charge >= 0.3 is 0 Å². The third kappa shape index (κ3) is 4.74. The smallest absolute Gasteiger partial charge is 0.253 e. The van der Waals surface area contributed by atoms with Crippen molar-refractivity contribution in [3.8, 4) is 0 Å². The van der Waals surface area contributed by atoms with Crippen LogP contribution in [0.5, 0.6) is 0 Å². The Morgan fingerprint density at radius 2 is 2.00 bits per heavy atom. The van der Waals surface area contributed by atoms with Gasteiger partial charge in [-0.05, 0) is 37.9 Å². The first-order chi connectivity index (χ1) is 10.3. The van der Waals surface area contributed by atoms with E-state index in [0.717, 1.165) is 43.3 Å². The van der Waals surface area contributed by atoms with Crippen LogP contribution in [0, 0.1) is 0 Å². The van der Waals surface area contributed by atoms with Gasteiger partial charge in [0.2, 0.25) is 0 Å². The molecule has 0 saturated heterocycles. The van der Waals surface area contributed by atoms with E-state index in [0.29, 0.717) is 6.54 Å². The summed E-state index contributed by atoms with van der Waals surface area (Å²) in [5.41, 5.74) is 1.66. The molecule has 116 valence electrons. The zero-order valence-electron chi connectivity index (χ0n) is 13.2. The van der Waals surface area contributed by atoms with Crippen molar-refractivity contribution in [3.05, 3.63) is 29.8 Å². The second-order valence-corrected chi connectivity index (χ2v) is 5.59. The molecule has 0 aromatic heterocycles. The minimum atomic E-state index is 0.0149. The predicted octanol–water partition coefficient (Wildman–Crippen LogP) is 2.72. The molecule has 4 heteroatoms. The number of carbonyl (C=O) groups excluding carboxylic acids is 1. The summed E-state index contributed by atoms with van der Waals surface area (Å²) in [7, 11) is 0. The van der Waals surface area contributed by atoms with E-state index in [1.807, 2.05) is 24.3 Å². The molecule has 2 rings (SSSR count). The van der Waals surface area contributed by atoms with Crippen LogP contribution < -0.4 is 10.6 Å². The van der Waals surface area contributed by atoms with Crippen LogP contribution in [0.2, 0.25) is 0 Å². The van der Waals surface area contributed by atoms with Crippen LogP contribution in [0.4, 0.5) is 5.69 Å². The Morgan fingerprint density at radius 3 is 2.67 bits per heavy atom. The molecule has 0 radical (unpaired) electrons. The average molecular weight is 289 g/mol. The SMILES string of the molecule is CCCNc1ccccc1C(=O)NCCN(CC)C1CC1. The van der Waals surface area contributed by atoms with E-state index >= 15 is 0 Å². The lowest BCUT2D eigenvalue weighted by Crippen LogP contribution is -2.36. The minimum Gasteiger partial charge on any atom is -0.384 e. The number of para-hydroxylation sites is 1. The van der Waals surface area contributed by atoms with Gasteiger partial charge in [-0.15, -0.1) is 0 Å². The maximum atomic E-state index is 12.3. The van der Waals surface area contributed by atoms with Crippen LogP contribution in [0.3, 0.4) is 0 Å². The maximum absolute atomic E-state index is 12.3. The van der Waals surface area contributed by atoms with Crippen LogP contribution in [-0.2, 0) is 0 Å². The topological polar surface area (TPSA) is 44.4 Å². The molecule has 0 spiro atoms. The van der Waals surface area contributed by atoms with Crippen LogP contribution in [0.25, 0.3) is 0 Å². The first kappa shape index (κ1) is 15.8. The summed E-state index contributed by atoms with van der Waals surface area (Å²) in [6.07, 6.45) is 3.67. The molecule has 0 unspecified atom stereocenters. The Kier molecular flexibility index (Phi) is 6.05. The highest BCUT2D eigenvalue weighted by Gasteiger charge is 2.27. The largest absolute Gasteiger partial charge is 0.384 e. The van der Waals surface area contributed by atoms with Crippen molar-refractivity contribution in [2.24, 2.45) is 0 Å². The van der Waals surface area contributed by atoms with Gasteiger partial charge in [0.1, 0.15) is 0 Å². The van der Waals surface area contributed by atoms with Crippen LogP contribution >= 0.6 is 0 Å². The van der Waals surface area contributed by atoms with Gasteiger partial charge < -0.3 is 10.6 Å². The third-order valence-electron chi connectivity index (χ3n) is 3.89. The van der Waals surface area contributed by atoms with E-state index in [4.69, 9.17) is 0 Å². The fourth-order valence-electron chi connectivity index (χ4n) is 2.54. The highest BCUT2D eigenvalue weighted by Crippen LogP contribution is 2.25. The van der Waals surface area contributed by atoms with E-state index in [2.05, 4.69) is 29.4 Å². The zero-order valence-corrected chi connectivity index (χ0v) is 13.2. The molecule has 1 aliphatic carbocycles. The van der Waals surface area contributed by atoms with Gasteiger partial charge in [0.15, 0.2) is 0 Å². The third-order valence-corrected chi connectivity index (χ3v) is 3.89. The summed E-state index contributed by atoms with van der Waals surface area (Å²) in [5, 5.41) is 6.35. The number of anilines is 1. The number of likely N-dealkylation sites (N-methyl/N-ethyl adjacent to an activating group) is 1. The Bertz CT molecular complexity index is 457. The number of amides is 1. The molecule has 1 amide bonds. The van der Waals surface area contributed by atoms with Crippen molar-refractivity contribution >= 4 is 11.6 Å². The van der Waals surface area contributed by atoms with Crippen molar-refractivity contribution in [1.29, 1.82) is 0 Å². The molecule has 0 aliphatic heterocycles.